The number of carbonyl (C=O) groups is 2. The van der Waals surface area contributed by atoms with E-state index in [1.807, 2.05) is 0 Å². The van der Waals surface area contributed by atoms with Gasteiger partial charge in [-0.15, -0.1) is 0 Å². The number of pyridine rings is 1. The molecule has 7 heteroatoms. The van der Waals surface area contributed by atoms with Crippen LogP contribution in [0.5, 0.6) is 0 Å². The Morgan fingerprint density at radius 1 is 1.42 bits per heavy atom. The SMILES string of the molecule is CC(C)(C)OC(=O)N1CCC(C#Cc2c(F)cncc2C(=O)O)C1. The summed E-state index contributed by atoms with van der Waals surface area (Å²) in [7, 11) is 0. The van der Waals surface area contributed by atoms with Crippen LogP contribution in [0.1, 0.15) is 43.1 Å². The number of carboxylic acid groups (broad SMARTS) is 1. The fourth-order valence-electron chi connectivity index (χ4n) is 2.27. The highest BCUT2D eigenvalue weighted by atomic mass is 19.1. The summed E-state index contributed by atoms with van der Waals surface area (Å²) in [6, 6.07) is 0. The van der Waals surface area contributed by atoms with Crippen molar-refractivity contribution in [3.05, 3.63) is 29.3 Å². The van der Waals surface area contributed by atoms with Crippen molar-refractivity contribution in [3.8, 4) is 11.8 Å². The van der Waals surface area contributed by atoms with Crippen LogP contribution in [0.4, 0.5) is 9.18 Å². The standard InChI is InChI=1S/C17H19FN2O4/c1-17(2,3)24-16(23)20-7-6-11(10-20)4-5-12-13(15(21)22)8-19-9-14(12)18/h8-9,11H,6-7,10H2,1-3H3,(H,21,22). The number of amides is 1. The molecule has 2 heterocycles. The summed E-state index contributed by atoms with van der Waals surface area (Å²) in [6.07, 6.45) is 2.21. The van der Waals surface area contributed by atoms with Crippen molar-refractivity contribution in [2.45, 2.75) is 32.8 Å². The van der Waals surface area contributed by atoms with Crippen LogP contribution in [0.15, 0.2) is 12.4 Å². The van der Waals surface area contributed by atoms with E-state index >= 15 is 0 Å². The molecular formula is C17H19FN2O4. The number of hydrogen-bond acceptors (Lipinski definition) is 4. The minimum absolute atomic E-state index is 0.160. The van der Waals surface area contributed by atoms with Crippen LogP contribution in [0.2, 0.25) is 0 Å². The maximum Gasteiger partial charge on any atom is 0.410 e. The maximum atomic E-state index is 13.8. The third-order valence-corrected chi connectivity index (χ3v) is 3.37. The summed E-state index contributed by atoms with van der Waals surface area (Å²) in [5.41, 5.74) is -1.03. The minimum Gasteiger partial charge on any atom is -0.478 e. The van der Waals surface area contributed by atoms with E-state index in [9.17, 15) is 14.0 Å². The molecule has 0 spiro atoms. The fraction of sp³-hybridized carbons (Fsp3) is 0.471. The van der Waals surface area contributed by atoms with Crippen LogP contribution in [0.25, 0.3) is 0 Å². The molecule has 0 bridgehead atoms. The van der Waals surface area contributed by atoms with Crippen LogP contribution in [-0.4, -0.2) is 45.7 Å². The quantitative estimate of drug-likeness (QED) is 0.798. The number of ether oxygens (including phenoxy) is 1. The molecule has 0 radical (unpaired) electrons. The molecule has 1 atom stereocenters. The number of aromatic nitrogens is 1. The Balaban J connectivity index is 2.09. The zero-order valence-electron chi connectivity index (χ0n) is 13.8. The first-order chi connectivity index (χ1) is 11.2. The molecule has 2 rings (SSSR count). The van der Waals surface area contributed by atoms with Crippen LogP contribution in [-0.2, 0) is 4.74 Å². The van der Waals surface area contributed by atoms with Crippen molar-refractivity contribution in [1.82, 2.24) is 9.88 Å². The molecule has 24 heavy (non-hydrogen) atoms. The van der Waals surface area contributed by atoms with E-state index in [2.05, 4.69) is 16.8 Å². The van der Waals surface area contributed by atoms with E-state index in [0.29, 0.717) is 19.5 Å². The third kappa shape index (κ3) is 4.44. The van der Waals surface area contributed by atoms with Gasteiger partial charge in [-0.05, 0) is 27.2 Å². The molecule has 0 aromatic carbocycles. The Labute approximate surface area is 139 Å². The molecule has 1 aromatic rings. The lowest BCUT2D eigenvalue weighted by Gasteiger charge is -2.24. The van der Waals surface area contributed by atoms with E-state index in [1.54, 1.807) is 25.7 Å². The topological polar surface area (TPSA) is 79.7 Å². The van der Waals surface area contributed by atoms with Gasteiger partial charge in [-0.2, -0.15) is 0 Å². The van der Waals surface area contributed by atoms with E-state index in [4.69, 9.17) is 9.84 Å². The zero-order chi connectivity index (χ0) is 17.9. The van der Waals surface area contributed by atoms with E-state index in [-0.39, 0.29) is 17.0 Å². The number of rotatable bonds is 1. The Morgan fingerprint density at radius 3 is 2.75 bits per heavy atom. The highest BCUT2D eigenvalue weighted by molar-refractivity contribution is 5.90. The number of carbonyl (C=O) groups excluding carboxylic acids is 1. The highest BCUT2D eigenvalue weighted by Gasteiger charge is 2.29. The summed E-state index contributed by atoms with van der Waals surface area (Å²) in [5.74, 6) is 3.22. The monoisotopic (exact) mass is 334 g/mol. The van der Waals surface area contributed by atoms with Gasteiger partial charge in [0.15, 0.2) is 5.82 Å². The molecule has 1 fully saturated rings. The molecule has 1 unspecified atom stereocenters. The van der Waals surface area contributed by atoms with E-state index < -0.39 is 23.5 Å². The Hall–Kier alpha value is -2.62. The molecule has 0 aliphatic carbocycles. The van der Waals surface area contributed by atoms with Gasteiger partial charge >= 0.3 is 12.1 Å². The third-order valence-electron chi connectivity index (χ3n) is 3.37. The lowest BCUT2D eigenvalue weighted by Crippen LogP contribution is -2.35. The molecule has 1 aliphatic heterocycles. The molecule has 1 saturated heterocycles. The van der Waals surface area contributed by atoms with Gasteiger partial charge in [0, 0.05) is 25.2 Å². The van der Waals surface area contributed by atoms with Crippen LogP contribution >= 0.6 is 0 Å². The molecule has 1 amide bonds. The van der Waals surface area contributed by atoms with Gasteiger partial charge < -0.3 is 14.7 Å². The number of carboxylic acids is 1. The summed E-state index contributed by atoms with van der Waals surface area (Å²) < 4.78 is 19.1. The average Bonchev–Trinajstić information content (AvgIpc) is 2.93. The molecule has 1 aromatic heterocycles. The van der Waals surface area contributed by atoms with Crippen LogP contribution < -0.4 is 0 Å². The predicted octanol–water partition coefficient (Wildman–Crippen LogP) is 2.53. The normalized spacial score (nSPS) is 17.2. The predicted molar refractivity (Wildman–Crippen MR) is 83.9 cm³/mol. The Morgan fingerprint density at radius 2 is 2.12 bits per heavy atom. The average molecular weight is 334 g/mol. The van der Waals surface area contributed by atoms with Crippen molar-refractivity contribution >= 4 is 12.1 Å². The van der Waals surface area contributed by atoms with Crippen molar-refractivity contribution in [3.63, 3.8) is 0 Å². The number of aromatic carboxylic acids is 1. The van der Waals surface area contributed by atoms with Crippen molar-refractivity contribution in [1.29, 1.82) is 0 Å². The van der Waals surface area contributed by atoms with Crippen molar-refractivity contribution in [2.24, 2.45) is 5.92 Å². The molecule has 128 valence electrons. The summed E-state index contributed by atoms with van der Waals surface area (Å²) >= 11 is 0. The summed E-state index contributed by atoms with van der Waals surface area (Å²) in [5, 5.41) is 9.06. The van der Waals surface area contributed by atoms with Gasteiger partial charge in [0.25, 0.3) is 0 Å². The fourth-order valence-corrected chi connectivity index (χ4v) is 2.27. The second kappa shape index (κ2) is 6.87. The van der Waals surface area contributed by atoms with Gasteiger partial charge in [0.1, 0.15) is 5.60 Å². The van der Waals surface area contributed by atoms with Gasteiger partial charge in [-0.3, -0.25) is 4.98 Å². The second-order valence-electron chi connectivity index (χ2n) is 6.53. The number of likely N-dealkylation sites (tertiary alicyclic amines) is 1. The van der Waals surface area contributed by atoms with Gasteiger partial charge in [0.05, 0.1) is 17.3 Å². The summed E-state index contributed by atoms with van der Waals surface area (Å²) in [6.45, 7) is 6.24. The second-order valence-corrected chi connectivity index (χ2v) is 6.53. The van der Waals surface area contributed by atoms with Gasteiger partial charge in [-0.1, -0.05) is 11.8 Å². The zero-order valence-corrected chi connectivity index (χ0v) is 13.8. The smallest absolute Gasteiger partial charge is 0.410 e. The van der Waals surface area contributed by atoms with Crippen LogP contribution in [0, 0.1) is 23.6 Å². The Kier molecular flexibility index (Phi) is 5.07. The number of nitrogens with zero attached hydrogens (tertiary/aromatic N) is 2. The Bertz CT molecular complexity index is 716. The van der Waals surface area contributed by atoms with E-state index in [1.165, 1.54) is 0 Å². The van der Waals surface area contributed by atoms with Gasteiger partial charge in [-0.25, -0.2) is 14.0 Å². The van der Waals surface area contributed by atoms with Crippen molar-refractivity contribution in [2.75, 3.05) is 13.1 Å². The lowest BCUT2D eigenvalue weighted by molar-refractivity contribution is 0.0291. The first kappa shape index (κ1) is 17.7. The largest absolute Gasteiger partial charge is 0.478 e. The van der Waals surface area contributed by atoms with Gasteiger partial charge in [0.2, 0.25) is 0 Å². The number of hydrogen-bond donors (Lipinski definition) is 1. The summed E-state index contributed by atoms with van der Waals surface area (Å²) in [4.78, 5) is 28.2. The highest BCUT2D eigenvalue weighted by Crippen LogP contribution is 2.19. The number of halogens is 1. The van der Waals surface area contributed by atoms with Crippen LogP contribution in [0.3, 0.4) is 0 Å². The maximum absolute atomic E-state index is 13.8. The lowest BCUT2D eigenvalue weighted by atomic mass is 10.1. The van der Waals surface area contributed by atoms with E-state index in [0.717, 1.165) is 12.4 Å². The molecule has 1 aliphatic rings. The molecule has 1 N–H and O–H groups in total. The molecular weight excluding hydrogens is 315 g/mol. The van der Waals surface area contributed by atoms with Crippen molar-refractivity contribution < 1.29 is 23.8 Å². The molecule has 0 saturated carbocycles. The minimum atomic E-state index is -1.28. The molecule has 6 nitrogen and oxygen atoms in total. The first-order valence-corrected chi connectivity index (χ1v) is 7.53. The first-order valence-electron chi connectivity index (χ1n) is 7.53.